The lowest BCUT2D eigenvalue weighted by atomic mass is 10.1. The highest BCUT2D eigenvalue weighted by molar-refractivity contribution is 7.80. The van der Waals surface area contributed by atoms with Gasteiger partial charge >= 0.3 is 0 Å². The largest absolute Gasteiger partial charge is 0.298 e. The summed E-state index contributed by atoms with van der Waals surface area (Å²) in [5.41, 5.74) is 0.897. The van der Waals surface area contributed by atoms with Crippen molar-refractivity contribution >= 4 is 18.9 Å². The van der Waals surface area contributed by atoms with Crippen LogP contribution in [0.2, 0.25) is 0 Å². The van der Waals surface area contributed by atoms with Gasteiger partial charge < -0.3 is 0 Å². The number of carbonyl (C=O) groups is 1. The van der Waals surface area contributed by atoms with Crippen molar-refractivity contribution in [3.8, 4) is 0 Å². The SMILES string of the molecule is CCCCC=C(C=O)CCS. The minimum absolute atomic E-state index is 0.761. The van der Waals surface area contributed by atoms with Crippen molar-refractivity contribution in [2.24, 2.45) is 0 Å². The Hall–Kier alpha value is -0.240. The van der Waals surface area contributed by atoms with E-state index in [1.807, 2.05) is 6.08 Å². The van der Waals surface area contributed by atoms with Crippen LogP contribution in [0, 0.1) is 0 Å². The van der Waals surface area contributed by atoms with Gasteiger partial charge in [0.2, 0.25) is 0 Å². The van der Waals surface area contributed by atoms with Gasteiger partial charge in [0.25, 0.3) is 0 Å². The van der Waals surface area contributed by atoms with Crippen molar-refractivity contribution in [1.29, 1.82) is 0 Å². The Kier molecular flexibility index (Phi) is 7.69. The summed E-state index contributed by atoms with van der Waals surface area (Å²) >= 11 is 4.06. The van der Waals surface area contributed by atoms with E-state index in [0.29, 0.717) is 0 Å². The summed E-state index contributed by atoms with van der Waals surface area (Å²) in [5.74, 6) is 0.761. The van der Waals surface area contributed by atoms with Gasteiger partial charge in [0, 0.05) is 0 Å². The molecule has 1 nitrogen and oxygen atoms in total. The first-order valence-electron chi connectivity index (χ1n) is 4.10. The van der Waals surface area contributed by atoms with Crippen molar-refractivity contribution in [3.63, 3.8) is 0 Å². The normalized spacial score (nSPS) is 11.6. The number of hydrogen-bond donors (Lipinski definition) is 1. The summed E-state index contributed by atoms with van der Waals surface area (Å²) in [6.45, 7) is 2.15. The number of hydrogen-bond acceptors (Lipinski definition) is 2. The molecule has 0 aromatic rings. The van der Waals surface area contributed by atoms with E-state index < -0.39 is 0 Å². The Bertz CT molecular complexity index is 130. The molecule has 0 spiro atoms. The Morgan fingerprint density at radius 1 is 1.55 bits per heavy atom. The Labute approximate surface area is 74.3 Å². The second-order valence-corrected chi connectivity index (χ2v) is 2.96. The molecule has 0 unspecified atom stereocenters. The van der Waals surface area contributed by atoms with E-state index in [1.165, 1.54) is 12.8 Å². The van der Waals surface area contributed by atoms with Crippen LogP contribution in [0.25, 0.3) is 0 Å². The van der Waals surface area contributed by atoms with Crippen LogP contribution in [0.4, 0.5) is 0 Å². The molecule has 0 aliphatic heterocycles. The summed E-state index contributed by atoms with van der Waals surface area (Å²) < 4.78 is 0. The lowest BCUT2D eigenvalue weighted by molar-refractivity contribution is -0.105. The standard InChI is InChI=1S/C9H16OS/c1-2-3-4-5-9(8-10)6-7-11/h5,8,11H,2-4,6-7H2,1H3. The molecule has 0 aliphatic rings. The molecule has 0 aromatic heterocycles. The highest BCUT2D eigenvalue weighted by Gasteiger charge is 1.91. The van der Waals surface area contributed by atoms with Crippen LogP contribution >= 0.6 is 12.6 Å². The van der Waals surface area contributed by atoms with Gasteiger partial charge in [-0.05, 0) is 24.2 Å². The van der Waals surface area contributed by atoms with E-state index in [4.69, 9.17) is 0 Å². The van der Waals surface area contributed by atoms with Gasteiger partial charge in [0.1, 0.15) is 6.29 Å². The number of thiol groups is 1. The lowest BCUT2D eigenvalue weighted by Gasteiger charge is -1.95. The molecule has 0 heterocycles. The van der Waals surface area contributed by atoms with Gasteiger partial charge in [-0.2, -0.15) is 12.6 Å². The third kappa shape index (κ3) is 6.17. The molecule has 0 bridgehead atoms. The van der Waals surface area contributed by atoms with Crippen molar-refractivity contribution < 1.29 is 4.79 Å². The fourth-order valence-electron chi connectivity index (χ4n) is 0.830. The summed E-state index contributed by atoms with van der Waals surface area (Å²) in [6.07, 6.45) is 7.14. The van der Waals surface area contributed by atoms with E-state index in [1.54, 1.807) is 0 Å². The molecule has 0 aromatic carbocycles. The predicted molar refractivity (Wildman–Crippen MR) is 52.1 cm³/mol. The third-order valence-electron chi connectivity index (χ3n) is 1.52. The molecule has 2 heteroatoms. The zero-order valence-electron chi connectivity index (χ0n) is 7.05. The maximum Gasteiger partial charge on any atom is 0.145 e. The highest BCUT2D eigenvalue weighted by Crippen LogP contribution is 2.03. The minimum Gasteiger partial charge on any atom is -0.298 e. The second-order valence-electron chi connectivity index (χ2n) is 2.51. The second kappa shape index (κ2) is 7.86. The van der Waals surface area contributed by atoms with Crippen molar-refractivity contribution in [3.05, 3.63) is 11.6 Å². The van der Waals surface area contributed by atoms with E-state index >= 15 is 0 Å². The Morgan fingerprint density at radius 3 is 2.73 bits per heavy atom. The topological polar surface area (TPSA) is 17.1 Å². The summed E-state index contributed by atoms with van der Waals surface area (Å²) in [7, 11) is 0. The van der Waals surface area contributed by atoms with E-state index in [9.17, 15) is 4.79 Å². The molecular weight excluding hydrogens is 156 g/mol. The molecule has 0 fully saturated rings. The Balaban J connectivity index is 3.61. The smallest absolute Gasteiger partial charge is 0.145 e. The average Bonchev–Trinajstić information content (AvgIpc) is 2.03. The molecule has 0 saturated heterocycles. The van der Waals surface area contributed by atoms with Gasteiger partial charge in [-0.3, -0.25) is 4.79 Å². The van der Waals surface area contributed by atoms with Crippen LogP contribution in [0.15, 0.2) is 11.6 Å². The molecule has 0 atom stereocenters. The molecule has 0 N–H and O–H groups in total. The zero-order chi connectivity index (χ0) is 8.53. The summed E-state index contributed by atoms with van der Waals surface area (Å²) in [6, 6.07) is 0. The number of carbonyl (C=O) groups excluding carboxylic acids is 1. The number of rotatable bonds is 6. The maximum atomic E-state index is 10.4. The third-order valence-corrected chi connectivity index (χ3v) is 1.74. The van der Waals surface area contributed by atoms with Crippen molar-refractivity contribution in [2.45, 2.75) is 32.6 Å². The average molecular weight is 172 g/mol. The maximum absolute atomic E-state index is 10.4. The monoisotopic (exact) mass is 172 g/mol. The molecule has 0 saturated carbocycles. The molecule has 0 aliphatic carbocycles. The Morgan fingerprint density at radius 2 is 2.27 bits per heavy atom. The fourth-order valence-corrected chi connectivity index (χ4v) is 1.09. The molecule has 0 rings (SSSR count). The first-order valence-corrected chi connectivity index (χ1v) is 4.73. The summed E-state index contributed by atoms with van der Waals surface area (Å²) in [4.78, 5) is 10.4. The van der Waals surface area contributed by atoms with Crippen LogP contribution < -0.4 is 0 Å². The first kappa shape index (κ1) is 10.8. The predicted octanol–water partition coefficient (Wildman–Crippen LogP) is 2.62. The van der Waals surface area contributed by atoms with Gasteiger partial charge in [0.15, 0.2) is 0 Å². The molecule has 0 radical (unpaired) electrons. The molecular formula is C9H16OS. The van der Waals surface area contributed by atoms with E-state index in [2.05, 4.69) is 19.6 Å². The van der Waals surface area contributed by atoms with Crippen molar-refractivity contribution in [1.82, 2.24) is 0 Å². The molecule has 11 heavy (non-hydrogen) atoms. The molecule has 64 valence electrons. The van der Waals surface area contributed by atoms with Gasteiger partial charge in [-0.1, -0.05) is 25.8 Å². The molecule has 0 amide bonds. The van der Waals surface area contributed by atoms with Crippen LogP contribution in [0.3, 0.4) is 0 Å². The van der Waals surface area contributed by atoms with Crippen LogP contribution in [0.1, 0.15) is 32.6 Å². The zero-order valence-corrected chi connectivity index (χ0v) is 7.94. The van der Waals surface area contributed by atoms with Crippen LogP contribution in [0.5, 0.6) is 0 Å². The highest BCUT2D eigenvalue weighted by atomic mass is 32.1. The van der Waals surface area contributed by atoms with E-state index in [-0.39, 0.29) is 0 Å². The first-order chi connectivity index (χ1) is 5.35. The van der Waals surface area contributed by atoms with Gasteiger partial charge in [-0.25, -0.2) is 0 Å². The number of unbranched alkanes of at least 4 members (excludes halogenated alkanes) is 2. The van der Waals surface area contributed by atoms with E-state index in [0.717, 1.165) is 30.5 Å². The van der Waals surface area contributed by atoms with Gasteiger partial charge in [0.05, 0.1) is 0 Å². The quantitative estimate of drug-likeness (QED) is 0.282. The van der Waals surface area contributed by atoms with Crippen molar-refractivity contribution in [2.75, 3.05) is 5.75 Å². The number of allylic oxidation sites excluding steroid dienone is 2. The van der Waals surface area contributed by atoms with Gasteiger partial charge in [-0.15, -0.1) is 0 Å². The fraction of sp³-hybridized carbons (Fsp3) is 0.667. The van der Waals surface area contributed by atoms with Crippen LogP contribution in [-0.2, 0) is 4.79 Å². The number of aldehydes is 1. The lowest BCUT2D eigenvalue weighted by Crippen LogP contribution is -1.86. The summed E-state index contributed by atoms with van der Waals surface area (Å²) in [5, 5.41) is 0. The van der Waals surface area contributed by atoms with Crippen LogP contribution in [-0.4, -0.2) is 12.0 Å². The minimum atomic E-state index is 0.761.